The highest BCUT2D eigenvalue weighted by atomic mass is 16.5. The van der Waals surface area contributed by atoms with Crippen LogP contribution in [0.3, 0.4) is 0 Å². The first-order chi connectivity index (χ1) is 6.30. The summed E-state index contributed by atoms with van der Waals surface area (Å²) in [7, 11) is 3.05. The van der Waals surface area contributed by atoms with Gasteiger partial charge in [0.1, 0.15) is 0 Å². The summed E-state index contributed by atoms with van der Waals surface area (Å²) >= 11 is 0. The number of hydrogen-bond donors (Lipinski definition) is 0. The van der Waals surface area contributed by atoms with Crippen LogP contribution in [0.4, 0.5) is 0 Å². The zero-order valence-corrected chi connectivity index (χ0v) is 7.90. The molecular formula is C8H12N2O3. The van der Waals surface area contributed by atoms with Gasteiger partial charge in [-0.3, -0.25) is 0 Å². The third-order valence-electron chi connectivity index (χ3n) is 1.35. The molecule has 13 heavy (non-hydrogen) atoms. The van der Waals surface area contributed by atoms with Crippen LogP contribution < -0.4 is 14.2 Å². The maximum absolute atomic E-state index is 5.11. The summed E-state index contributed by atoms with van der Waals surface area (Å²) in [6.07, 6.45) is 0. The average molecular weight is 184 g/mol. The van der Waals surface area contributed by atoms with Gasteiger partial charge in [0.05, 0.1) is 26.9 Å². The number of methoxy groups -OCH3 is 2. The van der Waals surface area contributed by atoms with Crippen LogP contribution in [0.1, 0.15) is 6.92 Å². The molecule has 1 rings (SSSR count). The molecular weight excluding hydrogens is 172 g/mol. The summed E-state index contributed by atoms with van der Waals surface area (Å²) < 4.78 is 15.0. The second kappa shape index (κ2) is 4.49. The Balaban J connectivity index is 2.93. The topological polar surface area (TPSA) is 53.5 Å². The van der Waals surface area contributed by atoms with Crippen molar-refractivity contribution in [3.05, 3.63) is 6.07 Å². The standard InChI is InChI=1S/C8H12N2O3/c1-4-13-8-9-6(11-2)5-7(10-8)12-3/h5H,4H2,1-3H3. The van der Waals surface area contributed by atoms with E-state index < -0.39 is 0 Å². The molecule has 0 aliphatic heterocycles. The Morgan fingerprint density at radius 1 is 1.15 bits per heavy atom. The van der Waals surface area contributed by atoms with E-state index in [0.29, 0.717) is 18.4 Å². The summed E-state index contributed by atoms with van der Waals surface area (Å²) in [5, 5.41) is 0. The maximum atomic E-state index is 5.11. The van der Waals surface area contributed by atoms with Crippen molar-refractivity contribution in [2.45, 2.75) is 6.92 Å². The molecule has 5 nitrogen and oxygen atoms in total. The van der Waals surface area contributed by atoms with E-state index in [1.165, 1.54) is 14.2 Å². The first-order valence-electron chi connectivity index (χ1n) is 3.90. The van der Waals surface area contributed by atoms with Crippen LogP contribution >= 0.6 is 0 Å². The van der Waals surface area contributed by atoms with Gasteiger partial charge in [0, 0.05) is 0 Å². The van der Waals surface area contributed by atoms with E-state index in [1.54, 1.807) is 6.07 Å². The van der Waals surface area contributed by atoms with Gasteiger partial charge < -0.3 is 14.2 Å². The van der Waals surface area contributed by atoms with Crippen LogP contribution in [0, 0.1) is 0 Å². The molecule has 5 heteroatoms. The predicted octanol–water partition coefficient (Wildman–Crippen LogP) is 0.892. The lowest BCUT2D eigenvalue weighted by Crippen LogP contribution is -2.00. The second-order valence-electron chi connectivity index (χ2n) is 2.17. The van der Waals surface area contributed by atoms with Crippen LogP contribution in [-0.2, 0) is 0 Å². The van der Waals surface area contributed by atoms with Crippen molar-refractivity contribution in [3.8, 4) is 17.8 Å². The van der Waals surface area contributed by atoms with Crippen molar-refractivity contribution in [3.63, 3.8) is 0 Å². The lowest BCUT2D eigenvalue weighted by Gasteiger charge is -2.05. The monoisotopic (exact) mass is 184 g/mol. The normalized spacial score (nSPS) is 9.46. The molecule has 0 aliphatic carbocycles. The average Bonchev–Trinajstić information content (AvgIpc) is 2.17. The fourth-order valence-electron chi connectivity index (χ4n) is 0.786. The number of ether oxygens (including phenoxy) is 3. The minimum absolute atomic E-state index is 0.263. The van der Waals surface area contributed by atoms with Crippen molar-refractivity contribution in [2.24, 2.45) is 0 Å². The van der Waals surface area contributed by atoms with Gasteiger partial charge in [0.15, 0.2) is 0 Å². The lowest BCUT2D eigenvalue weighted by molar-refractivity contribution is 0.291. The highest BCUT2D eigenvalue weighted by Crippen LogP contribution is 2.18. The largest absolute Gasteiger partial charge is 0.481 e. The van der Waals surface area contributed by atoms with Crippen molar-refractivity contribution in [1.82, 2.24) is 9.97 Å². The highest BCUT2D eigenvalue weighted by Gasteiger charge is 2.04. The van der Waals surface area contributed by atoms with Gasteiger partial charge in [0.2, 0.25) is 11.8 Å². The minimum Gasteiger partial charge on any atom is -0.481 e. The zero-order chi connectivity index (χ0) is 9.68. The Labute approximate surface area is 76.7 Å². The molecule has 1 aromatic rings. The molecule has 0 N–H and O–H groups in total. The fraction of sp³-hybridized carbons (Fsp3) is 0.500. The third kappa shape index (κ3) is 2.47. The second-order valence-corrected chi connectivity index (χ2v) is 2.17. The van der Waals surface area contributed by atoms with Crippen molar-refractivity contribution >= 4 is 0 Å². The van der Waals surface area contributed by atoms with Gasteiger partial charge in [-0.2, -0.15) is 9.97 Å². The molecule has 0 unspecified atom stereocenters. The smallest absolute Gasteiger partial charge is 0.323 e. The van der Waals surface area contributed by atoms with E-state index in [0.717, 1.165) is 0 Å². The van der Waals surface area contributed by atoms with Crippen LogP contribution in [-0.4, -0.2) is 30.8 Å². The van der Waals surface area contributed by atoms with Crippen LogP contribution in [0.25, 0.3) is 0 Å². The summed E-state index contributed by atoms with van der Waals surface area (Å²) in [6.45, 7) is 2.37. The molecule has 0 bridgehead atoms. The predicted molar refractivity (Wildman–Crippen MR) is 46.3 cm³/mol. The molecule has 0 saturated carbocycles. The first kappa shape index (κ1) is 9.57. The summed E-state index contributed by atoms with van der Waals surface area (Å²) in [6, 6.07) is 1.85. The van der Waals surface area contributed by atoms with E-state index >= 15 is 0 Å². The van der Waals surface area contributed by atoms with E-state index in [1.807, 2.05) is 6.92 Å². The molecule has 0 fully saturated rings. The highest BCUT2D eigenvalue weighted by molar-refractivity contribution is 5.22. The quantitative estimate of drug-likeness (QED) is 0.695. The molecule has 0 radical (unpaired) electrons. The fourth-order valence-corrected chi connectivity index (χ4v) is 0.786. The first-order valence-corrected chi connectivity index (χ1v) is 3.90. The van der Waals surface area contributed by atoms with Crippen molar-refractivity contribution < 1.29 is 14.2 Å². The number of rotatable bonds is 4. The van der Waals surface area contributed by atoms with Crippen molar-refractivity contribution in [1.29, 1.82) is 0 Å². The van der Waals surface area contributed by atoms with Gasteiger partial charge >= 0.3 is 6.01 Å². The maximum Gasteiger partial charge on any atom is 0.323 e. The van der Waals surface area contributed by atoms with E-state index in [-0.39, 0.29) is 6.01 Å². The molecule has 0 aromatic carbocycles. The Kier molecular flexibility index (Phi) is 3.31. The Morgan fingerprint density at radius 3 is 2.08 bits per heavy atom. The zero-order valence-electron chi connectivity index (χ0n) is 7.90. The SMILES string of the molecule is CCOc1nc(OC)cc(OC)n1. The van der Waals surface area contributed by atoms with Gasteiger partial charge in [-0.25, -0.2) is 0 Å². The van der Waals surface area contributed by atoms with Crippen LogP contribution in [0.2, 0.25) is 0 Å². The van der Waals surface area contributed by atoms with Gasteiger partial charge in [-0.1, -0.05) is 0 Å². The Hall–Kier alpha value is -1.52. The Bertz CT molecular complexity index is 256. The van der Waals surface area contributed by atoms with E-state index in [4.69, 9.17) is 14.2 Å². The molecule has 0 aliphatic rings. The Morgan fingerprint density at radius 2 is 1.69 bits per heavy atom. The van der Waals surface area contributed by atoms with Gasteiger partial charge in [0.25, 0.3) is 0 Å². The molecule has 0 spiro atoms. The van der Waals surface area contributed by atoms with Crippen LogP contribution in [0.15, 0.2) is 6.07 Å². The van der Waals surface area contributed by atoms with E-state index in [2.05, 4.69) is 9.97 Å². The third-order valence-corrected chi connectivity index (χ3v) is 1.35. The summed E-state index contributed by atoms with van der Waals surface area (Å²) in [4.78, 5) is 7.91. The molecule has 0 atom stereocenters. The number of nitrogens with zero attached hydrogens (tertiary/aromatic N) is 2. The number of hydrogen-bond acceptors (Lipinski definition) is 5. The van der Waals surface area contributed by atoms with E-state index in [9.17, 15) is 0 Å². The summed E-state index contributed by atoms with van der Waals surface area (Å²) in [5.41, 5.74) is 0. The molecule has 1 aromatic heterocycles. The molecule has 0 amide bonds. The molecule has 0 saturated heterocycles. The molecule has 1 heterocycles. The van der Waals surface area contributed by atoms with Gasteiger partial charge in [-0.15, -0.1) is 0 Å². The summed E-state index contributed by atoms with van der Waals surface area (Å²) in [5.74, 6) is 0.852. The lowest BCUT2D eigenvalue weighted by atomic mass is 10.6. The number of aromatic nitrogens is 2. The molecule has 72 valence electrons. The minimum atomic E-state index is 0.263. The van der Waals surface area contributed by atoms with Crippen molar-refractivity contribution in [2.75, 3.05) is 20.8 Å². The van der Waals surface area contributed by atoms with Gasteiger partial charge in [-0.05, 0) is 6.92 Å². The van der Waals surface area contributed by atoms with Crippen LogP contribution in [0.5, 0.6) is 17.8 Å².